The molecule has 0 radical (unpaired) electrons. The van der Waals surface area contributed by atoms with Gasteiger partial charge >= 0.3 is 0 Å². The van der Waals surface area contributed by atoms with Crippen LogP contribution in [-0.2, 0) is 6.42 Å². The van der Waals surface area contributed by atoms with Crippen LogP contribution in [0.15, 0.2) is 30.3 Å². The first kappa shape index (κ1) is 11.7. The van der Waals surface area contributed by atoms with Crippen molar-refractivity contribution in [1.82, 2.24) is 4.90 Å². The van der Waals surface area contributed by atoms with E-state index in [4.69, 9.17) is 5.26 Å². The van der Waals surface area contributed by atoms with Crippen molar-refractivity contribution >= 4 is 0 Å². The van der Waals surface area contributed by atoms with Gasteiger partial charge in [-0.3, -0.25) is 4.90 Å². The summed E-state index contributed by atoms with van der Waals surface area (Å²) in [7, 11) is 2.01. The molecule has 0 spiro atoms. The quantitative estimate of drug-likeness (QED) is 0.686. The van der Waals surface area contributed by atoms with Gasteiger partial charge in [0.25, 0.3) is 0 Å². The van der Waals surface area contributed by atoms with Crippen molar-refractivity contribution in [1.29, 1.82) is 5.26 Å². The van der Waals surface area contributed by atoms with Crippen LogP contribution in [0, 0.1) is 11.3 Å². The zero-order valence-corrected chi connectivity index (χ0v) is 9.48. The van der Waals surface area contributed by atoms with Gasteiger partial charge in [-0.15, -0.1) is 0 Å². The molecule has 0 saturated heterocycles. The molecule has 15 heavy (non-hydrogen) atoms. The van der Waals surface area contributed by atoms with Crippen LogP contribution in [0.4, 0.5) is 0 Å². The number of hydrogen-bond acceptors (Lipinski definition) is 2. The smallest absolute Gasteiger partial charge is 0.0866 e. The Hall–Kier alpha value is -1.33. The zero-order chi connectivity index (χ0) is 11.1. The van der Waals surface area contributed by atoms with Gasteiger partial charge < -0.3 is 0 Å². The summed E-state index contributed by atoms with van der Waals surface area (Å²) in [6, 6.07) is 13.1. The van der Waals surface area contributed by atoms with Gasteiger partial charge in [-0.05, 0) is 25.5 Å². The van der Waals surface area contributed by atoms with Gasteiger partial charge in [0.1, 0.15) is 0 Å². The minimum atomic E-state index is 0.465. The molecule has 80 valence electrons. The Morgan fingerprint density at radius 3 is 2.53 bits per heavy atom. The van der Waals surface area contributed by atoms with Crippen LogP contribution in [-0.4, -0.2) is 24.5 Å². The SMILES string of the molecule is CCC(Cc1ccccc1)N(C)CC#N. The first-order valence-electron chi connectivity index (χ1n) is 5.39. The minimum absolute atomic E-state index is 0.465. The van der Waals surface area contributed by atoms with E-state index in [2.05, 4.69) is 42.2 Å². The molecule has 0 bridgehead atoms. The molecule has 0 fully saturated rings. The van der Waals surface area contributed by atoms with Crippen molar-refractivity contribution in [3.05, 3.63) is 35.9 Å². The summed E-state index contributed by atoms with van der Waals surface area (Å²) in [5.41, 5.74) is 1.34. The second-order valence-electron chi connectivity index (χ2n) is 3.83. The van der Waals surface area contributed by atoms with Crippen LogP contribution < -0.4 is 0 Å². The lowest BCUT2D eigenvalue weighted by Crippen LogP contribution is -2.33. The maximum absolute atomic E-state index is 8.66. The topological polar surface area (TPSA) is 27.0 Å². The highest BCUT2D eigenvalue weighted by atomic mass is 15.1. The van der Waals surface area contributed by atoms with Gasteiger partial charge in [0.15, 0.2) is 0 Å². The summed E-state index contributed by atoms with van der Waals surface area (Å²) in [5, 5.41) is 8.66. The Bertz CT molecular complexity index is 313. The number of nitrogens with zero attached hydrogens (tertiary/aromatic N) is 2. The molecule has 2 heteroatoms. The van der Waals surface area contributed by atoms with E-state index in [1.807, 2.05) is 13.1 Å². The molecular weight excluding hydrogens is 184 g/mol. The van der Waals surface area contributed by atoms with E-state index < -0.39 is 0 Å². The molecule has 1 aromatic carbocycles. The van der Waals surface area contributed by atoms with Gasteiger partial charge in [-0.2, -0.15) is 5.26 Å². The molecule has 1 unspecified atom stereocenters. The van der Waals surface area contributed by atoms with E-state index in [1.165, 1.54) is 5.56 Å². The number of rotatable bonds is 5. The van der Waals surface area contributed by atoms with Crippen molar-refractivity contribution in [2.75, 3.05) is 13.6 Å². The Morgan fingerprint density at radius 2 is 2.00 bits per heavy atom. The normalized spacial score (nSPS) is 12.4. The Labute approximate surface area is 92.1 Å². The number of likely N-dealkylation sites (N-methyl/N-ethyl adjacent to an activating group) is 1. The summed E-state index contributed by atoms with van der Waals surface area (Å²) in [6.45, 7) is 2.67. The van der Waals surface area contributed by atoms with Crippen molar-refractivity contribution in [2.24, 2.45) is 0 Å². The lowest BCUT2D eigenvalue weighted by molar-refractivity contribution is 0.260. The molecule has 0 amide bonds. The monoisotopic (exact) mass is 202 g/mol. The Kier molecular flexibility index (Phi) is 4.86. The van der Waals surface area contributed by atoms with Crippen LogP contribution in [0.1, 0.15) is 18.9 Å². The van der Waals surface area contributed by atoms with E-state index in [1.54, 1.807) is 0 Å². The summed E-state index contributed by atoms with van der Waals surface area (Å²) in [5.74, 6) is 0. The molecule has 0 heterocycles. The van der Waals surface area contributed by atoms with Gasteiger partial charge in [0.2, 0.25) is 0 Å². The first-order chi connectivity index (χ1) is 7.27. The molecule has 2 nitrogen and oxygen atoms in total. The molecule has 0 saturated carbocycles. The average molecular weight is 202 g/mol. The third kappa shape index (κ3) is 3.73. The highest BCUT2D eigenvalue weighted by Crippen LogP contribution is 2.10. The third-order valence-electron chi connectivity index (χ3n) is 2.73. The zero-order valence-electron chi connectivity index (χ0n) is 9.48. The summed E-state index contributed by atoms with van der Waals surface area (Å²) in [4.78, 5) is 2.12. The third-order valence-corrected chi connectivity index (χ3v) is 2.73. The van der Waals surface area contributed by atoms with E-state index >= 15 is 0 Å². The van der Waals surface area contributed by atoms with Crippen molar-refractivity contribution in [3.63, 3.8) is 0 Å². The lowest BCUT2D eigenvalue weighted by atomic mass is 10.0. The molecule has 1 rings (SSSR count). The van der Waals surface area contributed by atoms with Crippen LogP contribution in [0.3, 0.4) is 0 Å². The molecule has 0 aliphatic carbocycles. The summed E-state index contributed by atoms with van der Waals surface area (Å²) < 4.78 is 0. The fraction of sp³-hybridized carbons (Fsp3) is 0.462. The van der Waals surface area contributed by atoms with E-state index in [0.717, 1.165) is 12.8 Å². The fourth-order valence-electron chi connectivity index (χ4n) is 1.74. The maximum Gasteiger partial charge on any atom is 0.0866 e. The molecular formula is C13H18N2. The molecule has 1 aromatic rings. The van der Waals surface area contributed by atoms with Crippen molar-refractivity contribution in [2.45, 2.75) is 25.8 Å². The average Bonchev–Trinajstić information content (AvgIpc) is 2.27. The maximum atomic E-state index is 8.66. The molecule has 1 atom stereocenters. The predicted octanol–water partition coefficient (Wildman–Crippen LogP) is 2.46. The fourth-order valence-corrected chi connectivity index (χ4v) is 1.74. The predicted molar refractivity (Wildman–Crippen MR) is 62.5 cm³/mol. The number of hydrogen-bond donors (Lipinski definition) is 0. The second-order valence-corrected chi connectivity index (χ2v) is 3.83. The largest absolute Gasteiger partial charge is 0.290 e. The number of nitriles is 1. The number of benzene rings is 1. The van der Waals surface area contributed by atoms with Gasteiger partial charge in [0, 0.05) is 6.04 Å². The molecule has 0 aliphatic heterocycles. The van der Waals surface area contributed by atoms with E-state index in [0.29, 0.717) is 12.6 Å². The van der Waals surface area contributed by atoms with E-state index in [-0.39, 0.29) is 0 Å². The van der Waals surface area contributed by atoms with Gasteiger partial charge in [-0.25, -0.2) is 0 Å². The van der Waals surface area contributed by atoms with Crippen molar-refractivity contribution in [3.8, 4) is 6.07 Å². The Balaban J connectivity index is 2.58. The van der Waals surface area contributed by atoms with Gasteiger partial charge in [-0.1, -0.05) is 37.3 Å². The lowest BCUT2D eigenvalue weighted by Gasteiger charge is -2.24. The first-order valence-corrected chi connectivity index (χ1v) is 5.39. The molecule has 0 N–H and O–H groups in total. The van der Waals surface area contributed by atoms with Crippen LogP contribution in [0.25, 0.3) is 0 Å². The van der Waals surface area contributed by atoms with Gasteiger partial charge in [0.05, 0.1) is 12.6 Å². The summed E-state index contributed by atoms with van der Waals surface area (Å²) >= 11 is 0. The van der Waals surface area contributed by atoms with Crippen LogP contribution in [0.2, 0.25) is 0 Å². The highest BCUT2D eigenvalue weighted by Gasteiger charge is 2.12. The summed E-state index contributed by atoms with van der Waals surface area (Å²) in [6.07, 6.45) is 2.10. The minimum Gasteiger partial charge on any atom is -0.290 e. The standard InChI is InChI=1S/C13H18N2/c1-3-13(15(2)10-9-14)11-12-7-5-4-6-8-12/h4-8,13H,3,10-11H2,1-2H3. The van der Waals surface area contributed by atoms with Crippen LogP contribution >= 0.6 is 0 Å². The Morgan fingerprint density at radius 1 is 1.33 bits per heavy atom. The molecule has 0 aliphatic rings. The van der Waals surface area contributed by atoms with E-state index in [9.17, 15) is 0 Å². The van der Waals surface area contributed by atoms with Crippen molar-refractivity contribution < 1.29 is 0 Å². The van der Waals surface area contributed by atoms with Crippen LogP contribution in [0.5, 0.6) is 0 Å². The highest BCUT2D eigenvalue weighted by molar-refractivity contribution is 5.15. The second kappa shape index (κ2) is 6.21. The molecule has 0 aromatic heterocycles.